The molecule has 0 unspecified atom stereocenters. The van der Waals surface area contributed by atoms with Gasteiger partial charge in [0.2, 0.25) is 0 Å². The van der Waals surface area contributed by atoms with E-state index >= 15 is 0 Å². The van der Waals surface area contributed by atoms with Gasteiger partial charge in [-0.15, -0.1) is 0 Å². The van der Waals surface area contributed by atoms with Gasteiger partial charge in [-0.2, -0.15) is 5.10 Å². The van der Waals surface area contributed by atoms with Gasteiger partial charge in [-0.1, -0.05) is 60.7 Å². The molecular formula is C27H28N4O4. The van der Waals surface area contributed by atoms with Crippen LogP contribution < -0.4 is 20.8 Å². The van der Waals surface area contributed by atoms with Crippen LogP contribution >= 0.6 is 0 Å². The van der Waals surface area contributed by atoms with Gasteiger partial charge < -0.3 is 15.4 Å². The third-order valence-corrected chi connectivity index (χ3v) is 5.16. The van der Waals surface area contributed by atoms with E-state index < -0.39 is 11.8 Å². The molecule has 0 bridgehead atoms. The van der Waals surface area contributed by atoms with Crippen LogP contribution in [0.25, 0.3) is 0 Å². The number of rotatable bonds is 9. The molecule has 8 nitrogen and oxygen atoms in total. The van der Waals surface area contributed by atoms with E-state index in [-0.39, 0.29) is 24.6 Å². The third-order valence-electron chi connectivity index (χ3n) is 5.16. The van der Waals surface area contributed by atoms with Crippen LogP contribution in [0.5, 0.6) is 5.75 Å². The number of nitrogens with one attached hydrogen (secondary N) is 3. The van der Waals surface area contributed by atoms with E-state index in [1.165, 1.54) is 6.21 Å². The van der Waals surface area contributed by atoms with Crippen LogP contribution in [0.1, 0.15) is 42.6 Å². The smallest absolute Gasteiger partial charge is 0.329 e. The molecule has 0 aromatic heterocycles. The summed E-state index contributed by atoms with van der Waals surface area (Å²) in [4.78, 5) is 36.2. The van der Waals surface area contributed by atoms with Gasteiger partial charge in [0.05, 0.1) is 18.3 Å². The van der Waals surface area contributed by atoms with Gasteiger partial charge in [0.25, 0.3) is 5.91 Å². The van der Waals surface area contributed by atoms with Crippen molar-refractivity contribution in [2.75, 3.05) is 6.61 Å². The monoisotopic (exact) mass is 472 g/mol. The molecule has 0 aliphatic carbocycles. The summed E-state index contributed by atoms with van der Waals surface area (Å²) in [7, 11) is 0. The lowest BCUT2D eigenvalue weighted by Crippen LogP contribution is -2.39. The molecule has 0 aliphatic rings. The van der Waals surface area contributed by atoms with Crippen molar-refractivity contribution in [3.8, 4) is 5.75 Å². The van der Waals surface area contributed by atoms with Crippen molar-refractivity contribution in [3.63, 3.8) is 0 Å². The predicted molar refractivity (Wildman–Crippen MR) is 134 cm³/mol. The summed E-state index contributed by atoms with van der Waals surface area (Å²) in [6.07, 6.45) is 1.41. The van der Waals surface area contributed by atoms with Gasteiger partial charge in [0, 0.05) is 0 Å². The number of carbonyl (C=O) groups excluding carboxylic acids is 3. The first-order valence-electron chi connectivity index (χ1n) is 11.2. The van der Waals surface area contributed by atoms with Gasteiger partial charge in [-0.05, 0) is 54.8 Å². The van der Waals surface area contributed by atoms with Crippen LogP contribution in [-0.2, 0) is 14.4 Å². The van der Waals surface area contributed by atoms with Crippen molar-refractivity contribution < 1.29 is 19.1 Å². The average molecular weight is 473 g/mol. The zero-order chi connectivity index (χ0) is 25.0. The molecule has 3 amide bonds. The summed E-state index contributed by atoms with van der Waals surface area (Å²) in [5, 5.41) is 9.33. The number of amides is 3. The molecule has 8 heteroatoms. The van der Waals surface area contributed by atoms with Crippen LogP contribution in [0.2, 0.25) is 0 Å². The van der Waals surface area contributed by atoms with E-state index in [0.717, 1.165) is 11.1 Å². The molecule has 3 aromatic rings. The van der Waals surface area contributed by atoms with Gasteiger partial charge in [-0.25, -0.2) is 5.43 Å². The summed E-state index contributed by atoms with van der Waals surface area (Å²) in [5.74, 6) is -1.35. The number of hydrogen-bond acceptors (Lipinski definition) is 5. The minimum atomic E-state index is -0.861. The fourth-order valence-electron chi connectivity index (χ4n) is 3.21. The molecule has 0 fully saturated rings. The van der Waals surface area contributed by atoms with E-state index in [2.05, 4.69) is 21.2 Å². The molecule has 3 rings (SSSR count). The van der Waals surface area contributed by atoms with E-state index in [1.807, 2.05) is 67.6 Å². The van der Waals surface area contributed by atoms with Crippen LogP contribution in [-0.4, -0.2) is 30.5 Å². The second kappa shape index (κ2) is 12.7. The first-order valence-corrected chi connectivity index (χ1v) is 11.2. The summed E-state index contributed by atoms with van der Waals surface area (Å²) in [6, 6.07) is 25.4. The molecule has 0 radical (unpaired) electrons. The third kappa shape index (κ3) is 8.12. The molecule has 0 aliphatic heterocycles. The Kier molecular flexibility index (Phi) is 9.13. The maximum Gasteiger partial charge on any atom is 0.329 e. The van der Waals surface area contributed by atoms with Crippen molar-refractivity contribution >= 4 is 23.9 Å². The van der Waals surface area contributed by atoms with E-state index in [0.29, 0.717) is 11.3 Å². The Bertz CT molecular complexity index is 1150. The van der Waals surface area contributed by atoms with Crippen molar-refractivity contribution in [1.82, 2.24) is 16.1 Å². The number of ether oxygens (including phenoxy) is 1. The molecule has 0 saturated heterocycles. The molecule has 0 spiro atoms. The quantitative estimate of drug-likeness (QED) is 0.252. The maximum absolute atomic E-state index is 12.1. The maximum atomic E-state index is 12.1. The zero-order valence-corrected chi connectivity index (χ0v) is 19.6. The summed E-state index contributed by atoms with van der Waals surface area (Å²) < 4.78 is 5.53. The predicted octanol–water partition coefficient (Wildman–Crippen LogP) is 3.27. The highest BCUT2D eigenvalue weighted by molar-refractivity contribution is 6.35. The Balaban J connectivity index is 1.40. The SMILES string of the molecule is C[C@H](NC(=O)C(=O)N/N=C\c1ccc(OCC(=O)N[C@H](C)c2ccccc2)cc1)c1ccccc1. The Morgan fingerprint density at radius 2 is 1.31 bits per heavy atom. The van der Waals surface area contributed by atoms with Gasteiger partial charge in [-0.3, -0.25) is 14.4 Å². The number of hydrogen-bond donors (Lipinski definition) is 3. The molecule has 35 heavy (non-hydrogen) atoms. The van der Waals surface area contributed by atoms with Crippen molar-refractivity contribution in [2.45, 2.75) is 25.9 Å². The Morgan fingerprint density at radius 3 is 1.89 bits per heavy atom. The highest BCUT2D eigenvalue weighted by Crippen LogP contribution is 2.13. The minimum absolute atomic E-state index is 0.114. The molecule has 2 atom stereocenters. The second-order valence-corrected chi connectivity index (χ2v) is 7.86. The van der Waals surface area contributed by atoms with Crippen LogP contribution in [0.15, 0.2) is 90.0 Å². The highest BCUT2D eigenvalue weighted by Gasteiger charge is 2.16. The van der Waals surface area contributed by atoms with Crippen LogP contribution in [0, 0.1) is 0 Å². The summed E-state index contributed by atoms with van der Waals surface area (Å²) in [5.41, 5.74) is 4.79. The van der Waals surface area contributed by atoms with Crippen LogP contribution in [0.3, 0.4) is 0 Å². The fourth-order valence-corrected chi connectivity index (χ4v) is 3.21. The van der Waals surface area contributed by atoms with Gasteiger partial charge in [0.1, 0.15) is 5.75 Å². The van der Waals surface area contributed by atoms with E-state index in [4.69, 9.17) is 4.74 Å². The molecular weight excluding hydrogens is 444 g/mol. The van der Waals surface area contributed by atoms with Crippen molar-refractivity contribution in [3.05, 3.63) is 102 Å². The first kappa shape index (κ1) is 25.2. The fraction of sp³-hybridized carbons (Fsp3) is 0.185. The summed E-state index contributed by atoms with van der Waals surface area (Å²) in [6.45, 7) is 3.59. The number of carbonyl (C=O) groups is 3. The molecule has 3 N–H and O–H groups in total. The zero-order valence-electron chi connectivity index (χ0n) is 19.6. The van der Waals surface area contributed by atoms with Crippen molar-refractivity contribution in [2.24, 2.45) is 5.10 Å². The molecule has 3 aromatic carbocycles. The Morgan fingerprint density at radius 1 is 0.771 bits per heavy atom. The average Bonchev–Trinajstić information content (AvgIpc) is 2.89. The minimum Gasteiger partial charge on any atom is -0.484 e. The summed E-state index contributed by atoms with van der Waals surface area (Å²) >= 11 is 0. The normalized spacial score (nSPS) is 12.4. The highest BCUT2D eigenvalue weighted by atomic mass is 16.5. The lowest BCUT2D eigenvalue weighted by atomic mass is 10.1. The Hall–Kier alpha value is -4.46. The number of hydrazone groups is 1. The van der Waals surface area contributed by atoms with E-state index in [1.54, 1.807) is 31.2 Å². The molecule has 0 saturated carbocycles. The Labute approximate surface area is 204 Å². The van der Waals surface area contributed by atoms with Crippen LogP contribution in [0.4, 0.5) is 0 Å². The largest absolute Gasteiger partial charge is 0.484 e. The molecule has 180 valence electrons. The van der Waals surface area contributed by atoms with Gasteiger partial charge in [0.15, 0.2) is 6.61 Å². The lowest BCUT2D eigenvalue weighted by Gasteiger charge is -2.14. The standard InChI is InChI=1S/C27H28N4O4/c1-19(22-9-5-3-6-10-22)29-25(32)18-35-24-15-13-21(14-16-24)17-28-31-27(34)26(33)30-20(2)23-11-7-4-8-12-23/h3-17,19-20H,18H2,1-2H3,(H,29,32)(H,30,33)(H,31,34)/b28-17-/t19-,20+/m1/s1. The van der Waals surface area contributed by atoms with Crippen molar-refractivity contribution in [1.29, 1.82) is 0 Å². The number of benzene rings is 3. The van der Waals surface area contributed by atoms with Gasteiger partial charge >= 0.3 is 11.8 Å². The number of nitrogens with zero attached hydrogens (tertiary/aromatic N) is 1. The molecule has 0 heterocycles. The second-order valence-electron chi connectivity index (χ2n) is 7.86. The first-order chi connectivity index (χ1) is 16.9. The topological polar surface area (TPSA) is 109 Å². The van der Waals surface area contributed by atoms with E-state index in [9.17, 15) is 14.4 Å². The lowest BCUT2D eigenvalue weighted by molar-refractivity contribution is -0.139.